The Kier molecular flexibility index (Phi) is 7.34. The monoisotopic (exact) mass is 435 g/mol. The van der Waals surface area contributed by atoms with Gasteiger partial charge in [-0.3, -0.25) is 4.57 Å². The van der Waals surface area contributed by atoms with E-state index in [2.05, 4.69) is 49.8 Å². The molecule has 0 saturated heterocycles. The summed E-state index contributed by atoms with van der Waals surface area (Å²) in [6.07, 6.45) is 2.26. The van der Waals surface area contributed by atoms with E-state index in [4.69, 9.17) is 9.15 Å². The second-order valence-electron chi connectivity index (χ2n) is 5.80. The molecule has 26 heavy (non-hydrogen) atoms. The predicted octanol–water partition coefficient (Wildman–Crippen LogP) is 5.26. The average molecular weight is 436 g/mol. The molecule has 0 bridgehead atoms. The molecule has 0 N–H and O–H groups in total. The molecule has 0 aliphatic carbocycles. The largest absolute Gasteiger partial charge is 0.446 e. The highest BCUT2D eigenvalue weighted by atomic mass is 79.9. The molecule has 2 aromatic heterocycles. The van der Waals surface area contributed by atoms with Gasteiger partial charge in [-0.2, -0.15) is 0 Å². The molecule has 138 valence electrons. The first-order chi connectivity index (χ1) is 12.8. The minimum Gasteiger partial charge on any atom is -0.446 e. The summed E-state index contributed by atoms with van der Waals surface area (Å²) in [6.45, 7) is 4.39. The third kappa shape index (κ3) is 5.22. The van der Waals surface area contributed by atoms with Crippen LogP contribution in [0.4, 0.5) is 0 Å². The van der Waals surface area contributed by atoms with Crippen LogP contribution in [0.1, 0.15) is 25.3 Å². The fraction of sp³-hybridized carbons (Fsp3) is 0.368. The molecule has 3 rings (SSSR count). The van der Waals surface area contributed by atoms with E-state index in [0.717, 1.165) is 36.2 Å². The third-order valence-corrected chi connectivity index (χ3v) is 5.15. The van der Waals surface area contributed by atoms with Crippen molar-refractivity contribution in [2.24, 2.45) is 0 Å². The number of benzene rings is 1. The van der Waals surface area contributed by atoms with Gasteiger partial charge in [-0.1, -0.05) is 55.4 Å². The lowest BCUT2D eigenvalue weighted by Gasteiger charge is -2.09. The summed E-state index contributed by atoms with van der Waals surface area (Å²) < 4.78 is 14.1. The van der Waals surface area contributed by atoms with Crippen LogP contribution < -0.4 is 0 Å². The van der Waals surface area contributed by atoms with Gasteiger partial charge in [0, 0.05) is 12.4 Å². The van der Waals surface area contributed by atoms with Gasteiger partial charge in [-0.05, 0) is 40.0 Å². The summed E-state index contributed by atoms with van der Waals surface area (Å²) in [5, 5.41) is 9.61. The number of ether oxygens (including phenoxy) is 1. The molecule has 0 aliphatic rings. The molecule has 0 atom stereocenters. The van der Waals surface area contributed by atoms with Crippen molar-refractivity contribution < 1.29 is 9.15 Å². The lowest BCUT2D eigenvalue weighted by molar-refractivity contribution is 0.147. The Morgan fingerprint density at radius 2 is 1.96 bits per heavy atom. The molecule has 0 aliphatic heterocycles. The zero-order valence-electron chi connectivity index (χ0n) is 14.7. The summed E-state index contributed by atoms with van der Waals surface area (Å²) >= 11 is 5.01. The van der Waals surface area contributed by atoms with E-state index >= 15 is 0 Å². The van der Waals surface area contributed by atoms with Crippen LogP contribution >= 0.6 is 27.7 Å². The Morgan fingerprint density at radius 3 is 2.69 bits per heavy atom. The molecule has 0 spiro atoms. The molecule has 0 saturated carbocycles. The van der Waals surface area contributed by atoms with Crippen LogP contribution in [-0.2, 0) is 11.3 Å². The topological polar surface area (TPSA) is 53.1 Å². The lowest BCUT2D eigenvalue weighted by atomic mass is 10.2. The van der Waals surface area contributed by atoms with Gasteiger partial charge >= 0.3 is 0 Å². The van der Waals surface area contributed by atoms with Gasteiger partial charge in [0.25, 0.3) is 0 Å². The van der Waals surface area contributed by atoms with Crippen LogP contribution in [0.5, 0.6) is 0 Å². The molecule has 0 fully saturated rings. The number of nitrogens with zero attached hydrogens (tertiary/aromatic N) is 3. The fourth-order valence-corrected chi connectivity index (χ4v) is 3.56. The Hall–Kier alpha value is -1.57. The number of hydrogen-bond acceptors (Lipinski definition) is 5. The molecular weight excluding hydrogens is 414 g/mol. The number of rotatable bonds is 10. The van der Waals surface area contributed by atoms with Crippen LogP contribution in [0.3, 0.4) is 0 Å². The maximum Gasteiger partial charge on any atom is 0.200 e. The third-order valence-electron chi connectivity index (χ3n) is 3.80. The van der Waals surface area contributed by atoms with Gasteiger partial charge in [0.1, 0.15) is 0 Å². The maximum absolute atomic E-state index is 5.69. The molecule has 3 aromatic rings. The van der Waals surface area contributed by atoms with Crippen molar-refractivity contribution in [1.82, 2.24) is 14.8 Å². The maximum atomic E-state index is 5.69. The fourth-order valence-electron chi connectivity index (χ4n) is 2.46. The molecule has 1 aromatic carbocycles. The number of halogens is 1. The standard InChI is InChI=1S/C19H22BrN3O2S/c1-2-3-11-24-12-13-26-19-22-21-18(16-9-10-17(20)25-16)23(19)14-15-7-5-4-6-8-15/h4-10H,2-3,11-14H2,1H3. The van der Waals surface area contributed by atoms with Crippen LogP contribution in [0, 0.1) is 0 Å². The average Bonchev–Trinajstić information content (AvgIpc) is 3.25. The number of hydrogen-bond donors (Lipinski definition) is 0. The van der Waals surface area contributed by atoms with Crippen molar-refractivity contribution in [3.63, 3.8) is 0 Å². The van der Waals surface area contributed by atoms with Crippen molar-refractivity contribution in [2.75, 3.05) is 19.0 Å². The molecule has 7 heteroatoms. The first-order valence-electron chi connectivity index (χ1n) is 8.71. The van der Waals surface area contributed by atoms with Crippen molar-refractivity contribution in [3.05, 3.63) is 52.7 Å². The van der Waals surface area contributed by atoms with Crippen LogP contribution in [-0.4, -0.2) is 33.7 Å². The zero-order valence-corrected chi connectivity index (χ0v) is 17.1. The van der Waals surface area contributed by atoms with E-state index in [-0.39, 0.29) is 0 Å². The summed E-state index contributed by atoms with van der Waals surface area (Å²) in [5.74, 6) is 2.28. The van der Waals surface area contributed by atoms with Gasteiger partial charge in [0.05, 0.1) is 13.2 Å². The summed E-state index contributed by atoms with van der Waals surface area (Å²) in [6, 6.07) is 14.1. The van der Waals surface area contributed by atoms with Crippen molar-refractivity contribution in [3.8, 4) is 11.6 Å². The van der Waals surface area contributed by atoms with Crippen LogP contribution in [0.25, 0.3) is 11.6 Å². The number of aromatic nitrogens is 3. The molecule has 0 radical (unpaired) electrons. The first kappa shape index (κ1) is 19.2. The zero-order chi connectivity index (χ0) is 18.2. The quantitative estimate of drug-likeness (QED) is 0.321. The highest BCUT2D eigenvalue weighted by Crippen LogP contribution is 2.28. The predicted molar refractivity (Wildman–Crippen MR) is 107 cm³/mol. The van der Waals surface area contributed by atoms with Gasteiger partial charge in [-0.25, -0.2) is 0 Å². The van der Waals surface area contributed by atoms with Gasteiger partial charge in [-0.15, -0.1) is 10.2 Å². The van der Waals surface area contributed by atoms with Crippen LogP contribution in [0.2, 0.25) is 0 Å². The second kappa shape index (κ2) is 9.94. The molecule has 5 nitrogen and oxygen atoms in total. The normalized spacial score (nSPS) is 11.2. The number of furan rings is 1. The minimum absolute atomic E-state index is 0.681. The SMILES string of the molecule is CCCCOCCSc1nnc(-c2ccc(Br)o2)n1Cc1ccccc1. The van der Waals surface area contributed by atoms with Crippen molar-refractivity contribution in [1.29, 1.82) is 0 Å². The van der Waals surface area contributed by atoms with E-state index in [1.54, 1.807) is 11.8 Å². The van der Waals surface area contributed by atoms with Gasteiger partial charge < -0.3 is 9.15 Å². The van der Waals surface area contributed by atoms with Crippen molar-refractivity contribution in [2.45, 2.75) is 31.5 Å². The Bertz CT molecular complexity index is 804. The van der Waals surface area contributed by atoms with Crippen LogP contribution in [0.15, 0.2) is 56.7 Å². The van der Waals surface area contributed by atoms with E-state index in [1.807, 2.05) is 30.3 Å². The van der Waals surface area contributed by atoms with Gasteiger partial charge in [0.15, 0.2) is 15.6 Å². The molecule has 0 unspecified atom stereocenters. The second-order valence-corrected chi connectivity index (χ2v) is 7.64. The summed E-state index contributed by atoms with van der Waals surface area (Å²) in [4.78, 5) is 0. The minimum atomic E-state index is 0.681. The Labute approximate surface area is 166 Å². The smallest absolute Gasteiger partial charge is 0.200 e. The van der Waals surface area contributed by atoms with E-state index in [1.165, 1.54) is 5.56 Å². The highest BCUT2D eigenvalue weighted by molar-refractivity contribution is 9.10. The number of unbranched alkanes of at least 4 members (excludes halogenated alkanes) is 1. The molecular formula is C19H22BrN3O2S. The Balaban J connectivity index is 1.74. The Morgan fingerprint density at radius 1 is 1.12 bits per heavy atom. The van der Waals surface area contributed by atoms with Gasteiger partial charge in [0.2, 0.25) is 5.82 Å². The summed E-state index contributed by atoms with van der Waals surface area (Å²) in [5.41, 5.74) is 1.19. The first-order valence-corrected chi connectivity index (χ1v) is 10.5. The van der Waals surface area contributed by atoms with E-state index in [9.17, 15) is 0 Å². The summed E-state index contributed by atoms with van der Waals surface area (Å²) in [7, 11) is 0. The number of thioether (sulfide) groups is 1. The lowest BCUT2D eigenvalue weighted by Crippen LogP contribution is -2.05. The van der Waals surface area contributed by atoms with E-state index < -0.39 is 0 Å². The van der Waals surface area contributed by atoms with Crippen molar-refractivity contribution >= 4 is 27.7 Å². The molecule has 2 heterocycles. The highest BCUT2D eigenvalue weighted by Gasteiger charge is 2.17. The molecule has 0 amide bonds. The van der Waals surface area contributed by atoms with E-state index in [0.29, 0.717) is 23.6 Å².